The van der Waals surface area contributed by atoms with Crippen LogP contribution in [0.1, 0.15) is 103 Å². The van der Waals surface area contributed by atoms with E-state index in [2.05, 4.69) is 41.2 Å². The molecule has 4 heteroatoms. The number of benzene rings is 1. The molecule has 0 radical (unpaired) electrons. The largest absolute Gasteiger partial charge is 0.493 e. The molecule has 3 rings (SSSR count). The van der Waals surface area contributed by atoms with E-state index in [1.54, 1.807) is 14.2 Å². The van der Waals surface area contributed by atoms with Gasteiger partial charge in [0.05, 0.1) is 25.3 Å². The standard InChI is InChI=1S/C29H44N2O2/c1-4-5-6-7-8-9-10-11-12-13-14-15-16-17-21-31-22-19-24-23-26(32-2)29(33-3)28-27(24)25(31)18-20-30-28/h18-20,22-23H,4-17,21H2,1-3H3/p+1. The second-order valence-corrected chi connectivity index (χ2v) is 9.42. The summed E-state index contributed by atoms with van der Waals surface area (Å²) >= 11 is 0. The number of aryl methyl sites for hydroxylation is 1. The maximum absolute atomic E-state index is 5.65. The molecule has 0 fully saturated rings. The first-order chi connectivity index (χ1) is 16.3. The van der Waals surface area contributed by atoms with Gasteiger partial charge in [0.1, 0.15) is 6.54 Å². The minimum atomic E-state index is 0.762. The predicted molar refractivity (Wildman–Crippen MR) is 140 cm³/mol. The lowest BCUT2D eigenvalue weighted by molar-refractivity contribution is -0.697. The topological polar surface area (TPSA) is 34.4 Å². The highest BCUT2D eigenvalue weighted by Gasteiger charge is 2.24. The Kier molecular flexibility index (Phi) is 10.9. The molecule has 1 N–H and O–H groups in total. The molecule has 1 aromatic carbocycles. The number of hydrogen-bond acceptors (Lipinski definition) is 3. The maximum atomic E-state index is 5.65. The van der Waals surface area contributed by atoms with Crippen molar-refractivity contribution in [1.29, 1.82) is 0 Å². The van der Waals surface area contributed by atoms with Crippen molar-refractivity contribution in [3.8, 4) is 11.5 Å². The number of aromatic nitrogens is 1. The Morgan fingerprint density at radius 3 is 1.97 bits per heavy atom. The Hall–Kier alpha value is -2.23. The molecule has 4 nitrogen and oxygen atoms in total. The van der Waals surface area contributed by atoms with Gasteiger partial charge in [0.15, 0.2) is 17.7 Å². The van der Waals surface area contributed by atoms with Gasteiger partial charge in [0, 0.05) is 30.1 Å². The molecule has 2 heterocycles. The van der Waals surface area contributed by atoms with Gasteiger partial charge in [-0.1, -0.05) is 84.0 Å². The monoisotopic (exact) mass is 453 g/mol. The van der Waals surface area contributed by atoms with Crippen molar-refractivity contribution in [2.24, 2.45) is 0 Å². The van der Waals surface area contributed by atoms with E-state index in [9.17, 15) is 0 Å². The number of nitrogens with one attached hydrogen (secondary N) is 1. The molecule has 0 unspecified atom stereocenters. The second kappa shape index (κ2) is 14.1. The molecule has 0 aliphatic carbocycles. The number of methoxy groups -OCH3 is 2. The van der Waals surface area contributed by atoms with Crippen molar-refractivity contribution < 1.29 is 14.0 Å². The predicted octanol–water partition coefficient (Wildman–Crippen LogP) is 8.02. The van der Waals surface area contributed by atoms with E-state index in [1.165, 1.54) is 106 Å². The number of rotatable bonds is 17. The fourth-order valence-corrected chi connectivity index (χ4v) is 5.01. The van der Waals surface area contributed by atoms with Gasteiger partial charge in [-0.2, -0.15) is 4.57 Å². The van der Waals surface area contributed by atoms with Crippen molar-refractivity contribution in [2.75, 3.05) is 19.5 Å². The van der Waals surface area contributed by atoms with Crippen LogP contribution >= 0.6 is 0 Å². The van der Waals surface area contributed by atoms with E-state index in [1.807, 2.05) is 6.20 Å². The van der Waals surface area contributed by atoms with Gasteiger partial charge in [-0.05, 0) is 12.5 Å². The Morgan fingerprint density at radius 2 is 1.39 bits per heavy atom. The zero-order valence-electron chi connectivity index (χ0n) is 21.3. The summed E-state index contributed by atoms with van der Waals surface area (Å²) in [6.07, 6.45) is 25.9. The Morgan fingerprint density at radius 1 is 0.788 bits per heavy atom. The van der Waals surface area contributed by atoms with Gasteiger partial charge in [-0.3, -0.25) is 0 Å². The normalized spacial score (nSPS) is 12.2. The van der Waals surface area contributed by atoms with E-state index in [0.717, 1.165) is 23.7 Å². The number of hydrogen-bond donors (Lipinski definition) is 1. The third-order valence-corrected chi connectivity index (χ3v) is 6.92. The first-order valence-corrected chi connectivity index (χ1v) is 13.3. The summed E-state index contributed by atoms with van der Waals surface area (Å²) in [4.78, 5) is 0. The fourth-order valence-electron chi connectivity index (χ4n) is 5.01. The molecule has 33 heavy (non-hydrogen) atoms. The van der Waals surface area contributed by atoms with Crippen molar-refractivity contribution in [3.05, 3.63) is 30.2 Å². The summed E-state index contributed by atoms with van der Waals surface area (Å²) in [5, 5.41) is 5.75. The number of unbranched alkanes of at least 4 members (excludes halogenated alkanes) is 13. The van der Waals surface area contributed by atoms with E-state index in [0.29, 0.717) is 0 Å². The van der Waals surface area contributed by atoms with Crippen LogP contribution in [0.2, 0.25) is 0 Å². The molecule has 1 aromatic heterocycles. The van der Waals surface area contributed by atoms with E-state index in [-0.39, 0.29) is 0 Å². The molecule has 0 saturated carbocycles. The van der Waals surface area contributed by atoms with Crippen LogP contribution in [-0.2, 0) is 6.54 Å². The SMILES string of the molecule is CCCCCCCCCCCCCCCC[n+]1ccc2cc(OC)c(OC)c3c2c1C=CN3. The number of nitrogens with zero attached hydrogens (tertiary/aromatic N) is 1. The van der Waals surface area contributed by atoms with Crippen molar-refractivity contribution >= 4 is 22.5 Å². The molecule has 0 atom stereocenters. The molecule has 0 bridgehead atoms. The first kappa shape index (κ1) is 25.4. The van der Waals surface area contributed by atoms with Crippen LogP contribution in [0.4, 0.5) is 5.69 Å². The molecule has 2 aromatic rings. The third kappa shape index (κ3) is 7.12. The van der Waals surface area contributed by atoms with Crippen LogP contribution in [0.3, 0.4) is 0 Å². The average Bonchev–Trinajstić information content (AvgIpc) is 2.85. The Balaban J connectivity index is 1.38. The van der Waals surface area contributed by atoms with E-state index < -0.39 is 0 Å². The summed E-state index contributed by atoms with van der Waals surface area (Å²) in [6.45, 7) is 3.35. The third-order valence-electron chi connectivity index (χ3n) is 6.92. The molecular formula is C29H45N2O2+. The van der Waals surface area contributed by atoms with Gasteiger partial charge in [0.2, 0.25) is 5.69 Å². The van der Waals surface area contributed by atoms with Crippen LogP contribution < -0.4 is 19.4 Å². The minimum Gasteiger partial charge on any atom is -0.493 e. The molecule has 0 amide bonds. The number of ether oxygens (including phenoxy) is 2. The van der Waals surface area contributed by atoms with Crippen molar-refractivity contribution in [1.82, 2.24) is 0 Å². The highest BCUT2D eigenvalue weighted by Crippen LogP contribution is 2.43. The van der Waals surface area contributed by atoms with Crippen LogP contribution in [0, 0.1) is 0 Å². The maximum Gasteiger partial charge on any atom is 0.216 e. The molecular weight excluding hydrogens is 408 g/mol. The minimum absolute atomic E-state index is 0.762. The van der Waals surface area contributed by atoms with Gasteiger partial charge in [-0.15, -0.1) is 0 Å². The lowest BCUT2D eigenvalue weighted by Crippen LogP contribution is -2.37. The van der Waals surface area contributed by atoms with Crippen LogP contribution in [0.15, 0.2) is 24.5 Å². The molecule has 0 spiro atoms. The smallest absolute Gasteiger partial charge is 0.216 e. The van der Waals surface area contributed by atoms with Gasteiger partial charge in [-0.25, -0.2) is 0 Å². The zero-order chi connectivity index (χ0) is 23.3. The molecule has 182 valence electrons. The van der Waals surface area contributed by atoms with Gasteiger partial charge in [0.25, 0.3) is 0 Å². The summed E-state index contributed by atoms with van der Waals surface area (Å²) in [6, 6.07) is 4.26. The summed E-state index contributed by atoms with van der Waals surface area (Å²) in [7, 11) is 3.39. The fraction of sp³-hybridized carbons (Fsp3) is 0.621. The molecule has 1 aliphatic heterocycles. The highest BCUT2D eigenvalue weighted by atomic mass is 16.5. The summed E-state index contributed by atoms with van der Waals surface area (Å²) < 4.78 is 13.6. The average molecular weight is 454 g/mol. The number of anilines is 1. The first-order valence-electron chi connectivity index (χ1n) is 13.3. The van der Waals surface area contributed by atoms with Crippen LogP contribution in [-0.4, -0.2) is 14.2 Å². The van der Waals surface area contributed by atoms with Crippen molar-refractivity contribution in [3.63, 3.8) is 0 Å². The Bertz CT molecular complexity index is 891. The Labute approximate surface area is 201 Å². The summed E-state index contributed by atoms with van der Waals surface area (Å²) in [5.74, 6) is 1.53. The quantitative estimate of drug-likeness (QED) is 0.194. The lowest BCUT2D eigenvalue weighted by Gasteiger charge is -2.18. The molecule has 0 saturated heterocycles. The highest BCUT2D eigenvalue weighted by molar-refractivity contribution is 6.04. The van der Waals surface area contributed by atoms with E-state index in [4.69, 9.17) is 9.47 Å². The number of pyridine rings is 1. The van der Waals surface area contributed by atoms with Crippen LogP contribution in [0.5, 0.6) is 11.5 Å². The van der Waals surface area contributed by atoms with E-state index >= 15 is 0 Å². The lowest BCUT2D eigenvalue weighted by atomic mass is 10.0. The summed E-state index contributed by atoms with van der Waals surface area (Å²) in [5.41, 5.74) is 2.25. The van der Waals surface area contributed by atoms with Gasteiger partial charge < -0.3 is 14.8 Å². The second-order valence-electron chi connectivity index (χ2n) is 9.42. The van der Waals surface area contributed by atoms with Gasteiger partial charge >= 0.3 is 0 Å². The molecule has 1 aliphatic rings. The van der Waals surface area contributed by atoms with Crippen molar-refractivity contribution in [2.45, 2.75) is 103 Å². The van der Waals surface area contributed by atoms with Crippen LogP contribution in [0.25, 0.3) is 16.8 Å². The zero-order valence-corrected chi connectivity index (χ0v) is 21.3.